The normalized spacial score (nSPS) is 14.5. The fourth-order valence-corrected chi connectivity index (χ4v) is 4.63. The molecule has 3 aromatic rings. The SMILES string of the molecule is CC(C)(C)OC(=O)N1CCC(Cc2cc(-c3ccc(-c4ccc([OH2+])cc4)cc3)ccc2C(=O)O)CC1. The van der Waals surface area contributed by atoms with Gasteiger partial charge in [-0.3, -0.25) is 0 Å². The lowest BCUT2D eigenvalue weighted by molar-refractivity contribution is 0.0184. The van der Waals surface area contributed by atoms with Crippen LogP contribution in [0, 0.1) is 5.92 Å². The van der Waals surface area contributed by atoms with Crippen LogP contribution in [0.5, 0.6) is 5.75 Å². The summed E-state index contributed by atoms with van der Waals surface area (Å²) in [7, 11) is 0. The number of nitrogens with zero attached hydrogens (tertiary/aromatic N) is 1. The van der Waals surface area contributed by atoms with Gasteiger partial charge in [-0.2, -0.15) is 0 Å². The molecule has 0 saturated carbocycles. The van der Waals surface area contributed by atoms with Gasteiger partial charge in [0.2, 0.25) is 0 Å². The largest absolute Gasteiger partial charge is 0.593 e. The van der Waals surface area contributed by atoms with Gasteiger partial charge in [0.15, 0.2) is 0 Å². The van der Waals surface area contributed by atoms with Gasteiger partial charge in [-0.15, -0.1) is 0 Å². The van der Waals surface area contributed by atoms with Gasteiger partial charge >= 0.3 is 12.1 Å². The number of carboxylic acid groups (broad SMARTS) is 1. The second-order valence-corrected chi connectivity index (χ2v) is 10.4. The zero-order chi connectivity index (χ0) is 25.9. The summed E-state index contributed by atoms with van der Waals surface area (Å²) in [5.74, 6) is -0.132. The average molecular weight is 489 g/mol. The fourth-order valence-electron chi connectivity index (χ4n) is 4.63. The summed E-state index contributed by atoms with van der Waals surface area (Å²) >= 11 is 0. The molecular weight excluding hydrogens is 454 g/mol. The highest BCUT2D eigenvalue weighted by molar-refractivity contribution is 5.90. The van der Waals surface area contributed by atoms with E-state index in [4.69, 9.17) is 9.84 Å². The van der Waals surface area contributed by atoms with Crippen molar-refractivity contribution in [3.05, 3.63) is 77.9 Å². The minimum absolute atomic E-state index is 0.284. The molecule has 0 atom stereocenters. The van der Waals surface area contributed by atoms with Crippen LogP contribution >= 0.6 is 0 Å². The van der Waals surface area contributed by atoms with Crippen LogP contribution in [0.4, 0.5) is 4.79 Å². The molecule has 3 N–H and O–H groups in total. The van der Waals surface area contributed by atoms with Crippen molar-refractivity contribution in [3.8, 4) is 28.0 Å². The average Bonchev–Trinajstić information content (AvgIpc) is 2.84. The Bertz CT molecular complexity index is 1220. The molecule has 1 aliphatic rings. The van der Waals surface area contributed by atoms with Crippen LogP contribution in [0.2, 0.25) is 0 Å². The van der Waals surface area contributed by atoms with E-state index in [0.717, 1.165) is 40.7 Å². The molecule has 0 spiro atoms. The molecule has 6 heteroatoms. The maximum Gasteiger partial charge on any atom is 0.410 e. The molecule has 0 radical (unpaired) electrons. The first-order valence-electron chi connectivity index (χ1n) is 12.4. The Balaban J connectivity index is 1.48. The number of carbonyl (C=O) groups is 2. The Morgan fingerprint density at radius 3 is 1.92 bits per heavy atom. The molecule has 1 fully saturated rings. The van der Waals surface area contributed by atoms with Crippen LogP contribution in [0.15, 0.2) is 66.7 Å². The van der Waals surface area contributed by atoms with Gasteiger partial charge in [-0.05, 0) is 92.0 Å². The molecule has 0 unspecified atom stereocenters. The number of likely N-dealkylation sites (tertiary alicyclic amines) is 1. The van der Waals surface area contributed by atoms with Crippen molar-refractivity contribution >= 4 is 12.1 Å². The van der Waals surface area contributed by atoms with E-state index in [-0.39, 0.29) is 6.09 Å². The number of piperidine rings is 1. The molecule has 188 valence electrons. The van der Waals surface area contributed by atoms with E-state index in [2.05, 4.69) is 0 Å². The maximum atomic E-state index is 12.4. The summed E-state index contributed by atoms with van der Waals surface area (Å²) in [6.45, 7) is 6.82. The molecule has 3 aromatic carbocycles. The minimum Gasteiger partial charge on any atom is -0.593 e. The fraction of sp³-hybridized carbons (Fsp3) is 0.333. The molecule has 4 rings (SSSR count). The van der Waals surface area contributed by atoms with E-state index >= 15 is 0 Å². The lowest BCUT2D eigenvalue weighted by Crippen LogP contribution is -2.42. The van der Waals surface area contributed by atoms with Gasteiger partial charge < -0.3 is 19.8 Å². The van der Waals surface area contributed by atoms with E-state index in [1.807, 2.05) is 69.3 Å². The third-order valence-corrected chi connectivity index (χ3v) is 6.55. The number of hydrogen-bond acceptors (Lipinski definition) is 3. The summed E-state index contributed by atoms with van der Waals surface area (Å²) in [4.78, 5) is 26.0. The smallest absolute Gasteiger partial charge is 0.410 e. The summed E-state index contributed by atoms with van der Waals surface area (Å²) in [6, 6.07) is 21.2. The molecule has 0 aromatic heterocycles. The summed E-state index contributed by atoms with van der Waals surface area (Å²) in [5, 5.41) is 17.4. The van der Waals surface area contributed by atoms with Crippen LogP contribution in [0.1, 0.15) is 49.5 Å². The minimum atomic E-state index is -0.920. The van der Waals surface area contributed by atoms with Crippen molar-refractivity contribution in [2.75, 3.05) is 13.1 Å². The molecule has 1 aliphatic heterocycles. The lowest BCUT2D eigenvalue weighted by Gasteiger charge is -2.33. The van der Waals surface area contributed by atoms with Crippen LogP contribution in [0.3, 0.4) is 0 Å². The van der Waals surface area contributed by atoms with Gasteiger partial charge in [0.25, 0.3) is 5.75 Å². The second kappa shape index (κ2) is 10.4. The highest BCUT2D eigenvalue weighted by Gasteiger charge is 2.27. The first-order chi connectivity index (χ1) is 17.1. The highest BCUT2D eigenvalue weighted by Crippen LogP contribution is 2.30. The molecular formula is C30H34NO5+. The first-order valence-corrected chi connectivity index (χ1v) is 12.4. The van der Waals surface area contributed by atoms with Crippen LogP contribution in [0.25, 0.3) is 22.3 Å². The summed E-state index contributed by atoms with van der Waals surface area (Å²) in [6.07, 6.45) is 2.01. The third kappa shape index (κ3) is 6.25. The van der Waals surface area contributed by atoms with E-state index in [1.54, 1.807) is 23.1 Å². The quantitative estimate of drug-likeness (QED) is 0.424. The lowest BCUT2D eigenvalue weighted by atomic mass is 9.87. The van der Waals surface area contributed by atoms with Crippen molar-refractivity contribution in [3.63, 3.8) is 0 Å². The monoisotopic (exact) mass is 488 g/mol. The molecule has 1 saturated heterocycles. The van der Waals surface area contributed by atoms with E-state index < -0.39 is 11.6 Å². The van der Waals surface area contributed by atoms with Crippen LogP contribution < -0.4 is 0 Å². The standard InChI is InChI=1S/C30H33NO5/c1-30(2,3)36-29(35)31-16-14-20(15-17-31)18-25-19-24(10-13-27(25)28(33)34)23-6-4-21(5-7-23)22-8-11-26(32)12-9-22/h4-13,19-20,32H,14-18H2,1-3H3,(H,33,34)/p+1. The molecule has 1 amide bonds. The van der Waals surface area contributed by atoms with Crippen LogP contribution in [-0.2, 0) is 11.2 Å². The molecule has 1 heterocycles. The number of carboxylic acids is 1. The molecule has 0 bridgehead atoms. The summed E-state index contributed by atoms with van der Waals surface area (Å²) in [5.41, 5.74) is 4.76. The van der Waals surface area contributed by atoms with Gasteiger partial charge in [0.05, 0.1) is 5.56 Å². The maximum absolute atomic E-state index is 12.4. The van der Waals surface area contributed by atoms with Crippen molar-refractivity contribution in [2.24, 2.45) is 5.92 Å². The predicted molar refractivity (Wildman–Crippen MR) is 142 cm³/mol. The Kier molecular flexibility index (Phi) is 7.34. The molecule has 36 heavy (non-hydrogen) atoms. The number of hydrogen-bond donors (Lipinski definition) is 1. The van der Waals surface area contributed by atoms with Gasteiger partial charge in [-0.25, -0.2) is 9.59 Å². The van der Waals surface area contributed by atoms with Crippen molar-refractivity contribution in [2.45, 2.75) is 45.6 Å². The Hall–Kier alpha value is -3.80. The molecule has 6 nitrogen and oxygen atoms in total. The van der Waals surface area contributed by atoms with Crippen molar-refractivity contribution in [1.29, 1.82) is 0 Å². The topological polar surface area (TPSA) is 89.7 Å². The number of aromatic carboxylic acids is 1. The number of rotatable bonds is 5. The second-order valence-electron chi connectivity index (χ2n) is 10.4. The van der Waals surface area contributed by atoms with Gasteiger partial charge in [-0.1, -0.05) is 36.4 Å². The Labute approximate surface area is 212 Å². The zero-order valence-corrected chi connectivity index (χ0v) is 21.1. The van der Waals surface area contributed by atoms with Crippen molar-refractivity contribution in [1.82, 2.24) is 4.90 Å². The van der Waals surface area contributed by atoms with Crippen molar-refractivity contribution < 1.29 is 24.5 Å². The number of carbonyl (C=O) groups excluding carboxylic acids is 1. The van der Waals surface area contributed by atoms with E-state index in [0.29, 0.717) is 36.7 Å². The van der Waals surface area contributed by atoms with E-state index in [1.165, 1.54) is 0 Å². The number of amides is 1. The first kappa shape index (κ1) is 25.3. The number of benzene rings is 3. The zero-order valence-electron chi connectivity index (χ0n) is 21.1. The third-order valence-electron chi connectivity index (χ3n) is 6.55. The predicted octanol–water partition coefficient (Wildman–Crippen LogP) is 6.35. The van der Waals surface area contributed by atoms with Crippen LogP contribution in [-0.4, -0.2) is 45.9 Å². The Morgan fingerprint density at radius 1 is 0.889 bits per heavy atom. The Morgan fingerprint density at radius 2 is 1.39 bits per heavy atom. The van der Waals surface area contributed by atoms with Gasteiger partial charge in [0, 0.05) is 25.2 Å². The number of ether oxygens (including phenoxy) is 1. The van der Waals surface area contributed by atoms with E-state index in [9.17, 15) is 14.7 Å². The summed E-state index contributed by atoms with van der Waals surface area (Å²) < 4.78 is 5.49. The molecule has 0 aliphatic carbocycles. The highest BCUT2D eigenvalue weighted by atomic mass is 16.6. The van der Waals surface area contributed by atoms with Gasteiger partial charge in [0.1, 0.15) is 5.60 Å².